The van der Waals surface area contributed by atoms with Crippen molar-refractivity contribution in [1.82, 2.24) is 15.5 Å². The molecule has 0 radical (unpaired) electrons. The number of unbranched alkanes of at least 4 members (excludes halogenated alkanes) is 1. The summed E-state index contributed by atoms with van der Waals surface area (Å²) >= 11 is 0. The quantitative estimate of drug-likeness (QED) is 0.291. The molecule has 0 aromatic rings. The first-order chi connectivity index (χ1) is 10.8. The minimum Gasteiger partial charge on any atom is -0.469 e. The number of carbonyl (C=O) groups excluding carboxylic acids is 1. The molecule has 0 spiro atoms. The Morgan fingerprint density at radius 1 is 1.18 bits per heavy atom. The zero-order valence-electron chi connectivity index (χ0n) is 14.2. The normalized spacial score (nSPS) is 16.4. The Hall–Kier alpha value is -1.30. The van der Waals surface area contributed by atoms with E-state index in [4.69, 9.17) is 0 Å². The van der Waals surface area contributed by atoms with Crippen LogP contribution in [0.15, 0.2) is 4.99 Å². The number of esters is 1. The van der Waals surface area contributed by atoms with Gasteiger partial charge in [0.2, 0.25) is 0 Å². The molecule has 6 heteroatoms. The Balaban J connectivity index is 2.16. The number of guanidine groups is 1. The van der Waals surface area contributed by atoms with Gasteiger partial charge >= 0.3 is 5.97 Å². The monoisotopic (exact) mass is 312 g/mol. The molecule has 128 valence electrons. The van der Waals surface area contributed by atoms with E-state index in [9.17, 15) is 4.79 Å². The van der Waals surface area contributed by atoms with E-state index < -0.39 is 0 Å². The standard InChI is InChI=1S/C16H32N4O2/c1-3-17-16(18-10-6-5-9-15(21)22-2)19-11-14-20-12-7-4-8-13-20/h3-14H2,1-2H3,(H2,17,18,19). The summed E-state index contributed by atoms with van der Waals surface area (Å²) in [5.41, 5.74) is 0. The lowest BCUT2D eigenvalue weighted by atomic mass is 10.1. The van der Waals surface area contributed by atoms with Gasteiger partial charge in [-0.3, -0.25) is 9.79 Å². The van der Waals surface area contributed by atoms with Gasteiger partial charge in [0.1, 0.15) is 0 Å². The fourth-order valence-corrected chi connectivity index (χ4v) is 2.53. The summed E-state index contributed by atoms with van der Waals surface area (Å²) in [4.78, 5) is 18.1. The number of likely N-dealkylation sites (tertiary alicyclic amines) is 1. The van der Waals surface area contributed by atoms with Gasteiger partial charge in [-0.2, -0.15) is 0 Å². The summed E-state index contributed by atoms with van der Waals surface area (Å²) in [5, 5.41) is 6.64. The highest BCUT2D eigenvalue weighted by molar-refractivity contribution is 5.79. The van der Waals surface area contributed by atoms with Crippen LogP contribution in [0.4, 0.5) is 0 Å². The first kappa shape index (κ1) is 18.7. The second-order valence-corrected chi connectivity index (χ2v) is 5.62. The van der Waals surface area contributed by atoms with Crippen LogP contribution in [0.5, 0.6) is 0 Å². The Morgan fingerprint density at radius 2 is 1.95 bits per heavy atom. The second kappa shape index (κ2) is 12.3. The van der Waals surface area contributed by atoms with E-state index in [0.29, 0.717) is 6.42 Å². The summed E-state index contributed by atoms with van der Waals surface area (Å²) in [6, 6.07) is 0. The number of rotatable bonds is 9. The molecule has 0 bridgehead atoms. The largest absolute Gasteiger partial charge is 0.469 e. The maximum Gasteiger partial charge on any atom is 0.305 e. The minimum absolute atomic E-state index is 0.143. The molecule has 1 aliphatic rings. The van der Waals surface area contributed by atoms with Gasteiger partial charge in [0.25, 0.3) is 0 Å². The zero-order chi connectivity index (χ0) is 16.0. The van der Waals surface area contributed by atoms with E-state index in [2.05, 4.69) is 32.2 Å². The van der Waals surface area contributed by atoms with Crippen molar-refractivity contribution in [1.29, 1.82) is 0 Å². The van der Waals surface area contributed by atoms with Crippen molar-refractivity contribution in [3.63, 3.8) is 0 Å². The Bertz CT molecular complexity index is 328. The molecule has 0 aliphatic carbocycles. The number of aliphatic imine (C=N–C) groups is 1. The molecule has 1 heterocycles. The van der Waals surface area contributed by atoms with Crippen LogP contribution >= 0.6 is 0 Å². The summed E-state index contributed by atoms with van der Waals surface area (Å²) in [6.07, 6.45) is 6.23. The van der Waals surface area contributed by atoms with Crippen LogP contribution in [-0.4, -0.2) is 63.2 Å². The van der Waals surface area contributed by atoms with Gasteiger partial charge in [-0.1, -0.05) is 6.42 Å². The Morgan fingerprint density at radius 3 is 2.64 bits per heavy atom. The van der Waals surface area contributed by atoms with Crippen molar-refractivity contribution in [2.75, 3.05) is 46.4 Å². The maximum absolute atomic E-state index is 11.0. The molecule has 0 amide bonds. The summed E-state index contributed by atoms with van der Waals surface area (Å²) in [7, 11) is 1.43. The molecular formula is C16H32N4O2. The van der Waals surface area contributed by atoms with E-state index in [0.717, 1.165) is 45.0 Å². The van der Waals surface area contributed by atoms with Crippen molar-refractivity contribution in [2.45, 2.75) is 45.4 Å². The first-order valence-corrected chi connectivity index (χ1v) is 8.57. The Kier molecular flexibility index (Phi) is 10.5. The molecule has 1 saturated heterocycles. The van der Waals surface area contributed by atoms with Gasteiger partial charge in [0.15, 0.2) is 5.96 Å². The fourth-order valence-electron chi connectivity index (χ4n) is 2.53. The van der Waals surface area contributed by atoms with Crippen LogP contribution in [0.25, 0.3) is 0 Å². The number of methoxy groups -OCH3 is 1. The number of carbonyl (C=O) groups is 1. The summed E-state index contributed by atoms with van der Waals surface area (Å²) < 4.78 is 4.62. The third-order valence-corrected chi connectivity index (χ3v) is 3.80. The van der Waals surface area contributed by atoms with Crippen LogP contribution in [0, 0.1) is 0 Å². The molecule has 0 saturated carbocycles. The van der Waals surface area contributed by atoms with Crippen LogP contribution in [-0.2, 0) is 9.53 Å². The van der Waals surface area contributed by atoms with Crippen molar-refractivity contribution in [3.8, 4) is 0 Å². The van der Waals surface area contributed by atoms with Gasteiger partial charge in [-0.15, -0.1) is 0 Å². The van der Waals surface area contributed by atoms with Crippen molar-refractivity contribution >= 4 is 11.9 Å². The first-order valence-electron chi connectivity index (χ1n) is 8.57. The third-order valence-electron chi connectivity index (χ3n) is 3.80. The fraction of sp³-hybridized carbons (Fsp3) is 0.875. The number of hydrogen-bond acceptors (Lipinski definition) is 4. The van der Waals surface area contributed by atoms with Crippen LogP contribution in [0.1, 0.15) is 45.4 Å². The lowest BCUT2D eigenvalue weighted by Gasteiger charge is -2.26. The molecule has 6 nitrogen and oxygen atoms in total. The van der Waals surface area contributed by atoms with E-state index in [-0.39, 0.29) is 5.97 Å². The van der Waals surface area contributed by atoms with Gasteiger partial charge in [0, 0.05) is 32.6 Å². The Labute approximate surface area is 134 Å². The van der Waals surface area contributed by atoms with E-state index in [1.54, 1.807) is 0 Å². The number of nitrogens with one attached hydrogen (secondary N) is 2. The topological polar surface area (TPSA) is 66.0 Å². The lowest BCUT2D eigenvalue weighted by Crippen LogP contribution is -2.42. The molecule has 0 atom stereocenters. The van der Waals surface area contributed by atoms with E-state index in [1.807, 2.05) is 0 Å². The highest BCUT2D eigenvalue weighted by atomic mass is 16.5. The van der Waals surface area contributed by atoms with Gasteiger partial charge in [-0.05, 0) is 45.7 Å². The highest BCUT2D eigenvalue weighted by Crippen LogP contribution is 2.07. The SMILES string of the molecule is CCNC(=NCCCCC(=O)OC)NCCN1CCCCC1. The lowest BCUT2D eigenvalue weighted by molar-refractivity contribution is -0.140. The highest BCUT2D eigenvalue weighted by Gasteiger charge is 2.09. The molecular weight excluding hydrogens is 280 g/mol. The molecule has 0 unspecified atom stereocenters. The van der Waals surface area contributed by atoms with E-state index >= 15 is 0 Å². The van der Waals surface area contributed by atoms with E-state index in [1.165, 1.54) is 39.5 Å². The van der Waals surface area contributed by atoms with Gasteiger partial charge < -0.3 is 20.3 Å². The smallest absolute Gasteiger partial charge is 0.305 e. The summed E-state index contributed by atoms with van der Waals surface area (Å²) in [5.74, 6) is 0.730. The molecule has 2 N–H and O–H groups in total. The minimum atomic E-state index is -0.143. The van der Waals surface area contributed by atoms with Crippen LogP contribution in [0.3, 0.4) is 0 Å². The molecule has 1 aliphatic heterocycles. The number of hydrogen-bond donors (Lipinski definition) is 2. The van der Waals surface area contributed by atoms with Crippen LogP contribution < -0.4 is 10.6 Å². The predicted molar refractivity (Wildman–Crippen MR) is 90.1 cm³/mol. The number of ether oxygens (including phenoxy) is 1. The zero-order valence-corrected chi connectivity index (χ0v) is 14.2. The second-order valence-electron chi connectivity index (χ2n) is 5.62. The van der Waals surface area contributed by atoms with Gasteiger partial charge in [-0.25, -0.2) is 0 Å². The molecule has 1 fully saturated rings. The van der Waals surface area contributed by atoms with Crippen molar-refractivity contribution < 1.29 is 9.53 Å². The van der Waals surface area contributed by atoms with Crippen molar-refractivity contribution in [2.24, 2.45) is 4.99 Å². The average molecular weight is 312 g/mol. The summed E-state index contributed by atoms with van der Waals surface area (Å²) in [6.45, 7) is 8.11. The number of piperidine rings is 1. The number of nitrogens with zero attached hydrogens (tertiary/aromatic N) is 2. The van der Waals surface area contributed by atoms with Gasteiger partial charge in [0.05, 0.1) is 7.11 Å². The molecule has 1 rings (SSSR count). The maximum atomic E-state index is 11.0. The molecule has 22 heavy (non-hydrogen) atoms. The van der Waals surface area contributed by atoms with Crippen molar-refractivity contribution in [3.05, 3.63) is 0 Å². The van der Waals surface area contributed by atoms with Crippen LogP contribution in [0.2, 0.25) is 0 Å². The third kappa shape index (κ3) is 8.87. The molecule has 0 aromatic carbocycles. The average Bonchev–Trinajstić information content (AvgIpc) is 2.55. The molecule has 0 aromatic heterocycles. The predicted octanol–water partition coefficient (Wildman–Crippen LogP) is 1.37.